The van der Waals surface area contributed by atoms with Crippen LogP contribution in [0.5, 0.6) is 0 Å². The zero-order valence-electron chi connectivity index (χ0n) is 29.7. The molecule has 3 unspecified atom stereocenters. The van der Waals surface area contributed by atoms with E-state index in [1.807, 2.05) is 52.3 Å². The number of methoxy groups -OCH3 is 1. The van der Waals surface area contributed by atoms with Crippen molar-refractivity contribution in [3.63, 3.8) is 0 Å². The van der Waals surface area contributed by atoms with E-state index in [0.717, 1.165) is 11.1 Å². The standard InChI is InChI=1S/C34H49N4O10P/c1-9-34(4,32(41)45-20-21-48-49(42,43)47-19-18-38(5,6)7)23-28(22-33(2,3)31(40)44-8)26-12-10-25(11-13-26)24-46-30(39)27-14-16-29(17-15-27)36-37-35/h10-17,28H,9,18-24H2,1-8H3. The summed E-state index contributed by atoms with van der Waals surface area (Å²) in [6.45, 7) is 6.94. The molecule has 15 heteroatoms. The zero-order valence-corrected chi connectivity index (χ0v) is 30.6. The number of phosphoric ester groups is 1. The van der Waals surface area contributed by atoms with Gasteiger partial charge in [-0.05, 0) is 74.7 Å². The smallest absolute Gasteiger partial charge is 0.338 e. The van der Waals surface area contributed by atoms with Gasteiger partial charge in [-0.25, -0.2) is 4.79 Å². The first-order valence-corrected chi connectivity index (χ1v) is 17.4. The molecule has 0 aliphatic heterocycles. The van der Waals surface area contributed by atoms with Gasteiger partial charge in [0.25, 0.3) is 7.82 Å². The van der Waals surface area contributed by atoms with Crippen molar-refractivity contribution >= 4 is 31.4 Å². The maximum Gasteiger partial charge on any atom is 0.338 e. The number of azide groups is 1. The van der Waals surface area contributed by atoms with Crippen molar-refractivity contribution in [2.24, 2.45) is 15.9 Å². The minimum absolute atomic E-state index is 0.00769. The summed E-state index contributed by atoms with van der Waals surface area (Å²) in [5, 5.41) is 3.48. The molecule has 0 aliphatic rings. The third-order valence-corrected chi connectivity index (χ3v) is 9.12. The topological polar surface area (TPSA) is 186 Å². The Morgan fingerprint density at radius 3 is 2.08 bits per heavy atom. The van der Waals surface area contributed by atoms with Gasteiger partial charge in [0.15, 0.2) is 0 Å². The number of carbonyl (C=O) groups is 3. The van der Waals surface area contributed by atoms with E-state index in [9.17, 15) is 23.8 Å². The number of hydrogen-bond acceptors (Lipinski definition) is 11. The molecule has 14 nitrogen and oxygen atoms in total. The summed E-state index contributed by atoms with van der Waals surface area (Å²) in [6, 6.07) is 13.4. The van der Waals surface area contributed by atoms with Crippen LogP contribution < -0.4 is 4.89 Å². The van der Waals surface area contributed by atoms with E-state index in [4.69, 9.17) is 28.8 Å². The number of nitrogens with zero attached hydrogens (tertiary/aromatic N) is 4. The second-order valence-electron chi connectivity index (χ2n) is 13.7. The lowest BCUT2D eigenvalue weighted by molar-refractivity contribution is -0.870. The van der Waals surface area contributed by atoms with Crippen LogP contribution in [-0.4, -0.2) is 77.0 Å². The third-order valence-electron chi connectivity index (χ3n) is 8.13. The number of phosphoric acid groups is 1. The second-order valence-corrected chi connectivity index (χ2v) is 15.1. The van der Waals surface area contributed by atoms with Gasteiger partial charge in [-0.2, -0.15) is 0 Å². The van der Waals surface area contributed by atoms with Crippen molar-refractivity contribution in [3.8, 4) is 0 Å². The van der Waals surface area contributed by atoms with Crippen LogP contribution in [0.25, 0.3) is 10.4 Å². The quantitative estimate of drug-likeness (QED) is 0.0224. The maximum absolute atomic E-state index is 13.4. The van der Waals surface area contributed by atoms with Crippen molar-refractivity contribution in [1.82, 2.24) is 0 Å². The third kappa shape index (κ3) is 13.9. The van der Waals surface area contributed by atoms with Crippen molar-refractivity contribution in [2.75, 3.05) is 54.6 Å². The Morgan fingerprint density at radius 1 is 0.918 bits per heavy atom. The average molecular weight is 705 g/mol. The summed E-state index contributed by atoms with van der Waals surface area (Å²) >= 11 is 0. The molecule has 0 bridgehead atoms. The predicted molar refractivity (Wildman–Crippen MR) is 180 cm³/mol. The highest BCUT2D eigenvalue weighted by atomic mass is 31.2. The number of ether oxygens (including phenoxy) is 3. The highest BCUT2D eigenvalue weighted by molar-refractivity contribution is 7.45. The largest absolute Gasteiger partial charge is 0.756 e. The molecule has 0 amide bonds. The Kier molecular flexibility index (Phi) is 15.5. The van der Waals surface area contributed by atoms with Gasteiger partial charge >= 0.3 is 17.9 Å². The summed E-state index contributed by atoms with van der Waals surface area (Å²) in [7, 11) is 2.48. The number of hydrogen-bond donors (Lipinski definition) is 0. The Morgan fingerprint density at radius 2 is 1.53 bits per heavy atom. The molecule has 0 fully saturated rings. The van der Waals surface area contributed by atoms with Gasteiger partial charge in [0.2, 0.25) is 0 Å². The number of rotatable bonds is 20. The summed E-state index contributed by atoms with van der Waals surface area (Å²) in [6.07, 6.45) is 1.09. The van der Waals surface area contributed by atoms with Crippen LogP contribution in [0.4, 0.5) is 5.69 Å². The van der Waals surface area contributed by atoms with Gasteiger partial charge in [-0.1, -0.05) is 48.4 Å². The van der Waals surface area contributed by atoms with Crippen LogP contribution in [0.1, 0.15) is 74.4 Å². The van der Waals surface area contributed by atoms with Crippen molar-refractivity contribution in [1.29, 1.82) is 0 Å². The molecular formula is C34H49N4O10P. The summed E-state index contributed by atoms with van der Waals surface area (Å²) < 4.78 is 38.3. The molecule has 3 atom stereocenters. The van der Waals surface area contributed by atoms with E-state index in [1.165, 1.54) is 31.4 Å². The van der Waals surface area contributed by atoms with Crippen LogP contribution in [0.2, 0.25) is 0 Å². The van der Waals surface area contributed by atoms with Crippen LogP contribution in [0.15, 0.2) is 53.6 Å². The summed E-state index contributed by atoms with van der Waals surface area (Å²) in [4.78, 5) is 53.4. The SMILES string of the molecule is CCC(C)(CC(CC(C)(C)C(=O)OC)c1ccc(COC(=O)c2ccc(N=[N+]=[N-])cc2)cc1)C(=O)OCCOP(=O)([O-])OCC[N+](C)(C)C. The first-order chi connectivity index (χ1) is 22.8. The van der Waals surface area contributed by atoms with Gasteiger partial charge in [0, 0.05) is 10.6 Å². The molecule has 49 heavy (non-hydrogen) atoms. The van der Waals surface area contributed by atoms with Crippen molar-refractivity contribution in [3.05, 3.63) is 75.7 Å². The number of quaternary nitrogens is 1. The molecule has 270 valence electrons. The first kappa shape index (κ1) is 41.4. The fourth-order valence-corrected chi connectivity index (χ4v) is 5.63. The fraction of sp³-hybridized carbons (Fsp3) is 0.559. The Balaban J connectivity index is 2.12. The second kappa shape index (κ2) is 18.3. The van der Waals surface area contributed by atoms with E-state index in [1.54, 1.807) is 20.8 Å². The van der Waals surface area contributed by atoms with E-state index >= 15 is 0 Å². The lowest BCUT2D eigenvalue weighted by Crippen LogP contribution is -2.37. The van der Waals surface area contributed by atoms with Crippen LogP contribution in [-0.2, 0) is 44.0 Å². The van der Waals surface area contributed by atoms with Crippen molar-refractivity contribution < 1.29 is 51.6 Å². The Labute approximate surface area is 288 Å². The first-order valence-electron chi connectivity index (χ1n) is 15.9. The number of esters is 3. The molecule has 2 rings (SSSR count). The van der Waals surface area contributed by atoms with E-state index in [0.29, 0.717) is 41.5 Å². The fourth-order valence-electron chi connectivity index (χ4n) is 4.95. The van der Waals surface area contributed by atoms with Gasteiger partial charge in [-0.3, -0.25) is 14.2 Å². The number of benzene rings is 2. The van der Waals surface area contributed by atoms with Gasteiger partial charge in [0.1, 0.15) is 26.4 Å². The highest BCUT2D eigenvalue weighted by Crippen LogP contribution is 2.43. The molecule has 0 aliphatic carbocycles. The lowest BCUT2D eigenvalue weighted by atomic mass is 9.71. The molecule has 2 aromatic carbocycles. The number of likely N-dealkylation sites (N-methyl/N-ethyl adjacent to an activating group) is 1. The summed E-state index contributed by atoms with van der Waals surface area (Å²) in [5.74, 6) is -1.74. The molecule has 0 spiro atoms. The van der Waals surface area contributed by atoms with E-state index in [-0.39, 0.29) is 32.3 Å². The Hall–Kier alpha value is -3.77. The summed E-state index contributed by atoms with van der Waals surface area (Å²) in [5.41, 5.74) is 8.95. The molecule has 0 aromatic heterocycles. The molecule has 0 radical (unpaired) electrons. The predicted octanol–water partition coefficient (Wildman–Crippen LogP) is 6.22. The minimum Gasteiger partial charge on any atom is -0.756 e. The Bertz CT molecular complexity index is 1500. The molecule has 0 N–H and O–H groups in total. The van der Waals surface area contributed by atoms with Crippen LogP contribution in [0.3, 0.4) is 0 Å². The van der Waals surface area contributed by atoms with Gasteiger partial charge in [0.05, 0.1) is 51.3 Å². The average Bonchev–Trinajstić information content (AvgIpc) is 3.04. The van der Waals surface area contributed by atoms with Gasteiger partial charge in [-0.15, -0.1) is 0 Å². The van der Waals surface area contributed by atoms with Gasteiger partial charge < -0.3 is 32.6 Å². The van der Waals surface area contributed by atoms with E-state index < -0.39 is 36.6 Å². The molecule has 0 saturated heterocycles. The zero-order chi connectivity index (χ0) is 36.9. The molecular weight excluding hydrogens is 655 g/mol. The molecule has 0 heterocycles. The monoisotopic (exact) mass is 704 g/mol. The lowest BCUT2D eigenvalue weighted by Gasteiger charge is -2.34. The molecule has 0 saturated carbocycles. The van der Waals surface area contributed by atoms with Crippen LogP contribution in [0, 0.1) is 10.8 Å². The van der Waals surface area contributed by atoms with Crippen LogP contribution >= 0.6 is 7.82 Å². The van der Waals surface area contributed by atoms with Crippen molar-refractivity contribution in [2.45, 2.75) is 59.5 Å². The minimum atomic E-state index is -4.56. The van der Waals surface area contributed by atoms with E-state index in [2.05, 4.69) is 10.0 Å². The normalized spacial score (nSPS) is 14.8. The molecule has 2 aromatic rings. The highest BCUT2D eigenvalue weighted by Gasteiger charge is 2.40. The maximum atomic E-state index is 13.4. The number of carbonyl (C=O) groups excluding carboxylic acids is 3.